The summed E-state index contributed by atoms with van der Waals surface area (Å²) in [6, 6.07) is 8.82. The molecule has 2 rings (SSSR count). The molecule has 16 heavy (non-hydrogen) atoms. The summed E-state index contributed by atoms with van der Waals surface area (Å²) in [5, 5.41) is 3.20. The van der Waals surface area contributed by atoms with Gasteiger partial charge in [-0.15, -0.1) is 0 Å². The summed E-state index contributed by atoms with van der Waals surface area (Å²) in [7, 11) is 2.02. The highest BCUT2D eigenvalue weighted by atomic mass is 15.1. The summed E-state index contributed by atoms with van der Waals surface area (Å²) in [4.78, 5) is 2.56. The summed E-state index contributed by atoms with van der Waals surface area (Å²) >= 11 is 0. The first-order valence-electron chi connectivity index (χ1n) is 6.34. The van der Waals surface area contributed by atoms with Crippen LogP contribution in [0.5, 0.6) is 0 Å². The van der Waals surface area contributed by atoms with Crippen molar-refractivity contribution in [2.24, 2.45) is 0 Å². The predicted molar refractivity (Wildman–Crippen MR) is 68.3 cm³/mol. The first-order chi connectivity index (χ1) is 7.90. The van der Waals surface area contributed by atoms with Crippen LogP contribution in [0.15, 0.2) is 24.3 Å². The predicted octanol–water partition coefficient (Wildman–Crippen LogP) is 2.39. The van der Waals surface area contributed by atoms with Crippen LogP contribution in [0, 0.1) is 0 Å². The van der Waals surface area contributed by atoms with E-state index in [9.17, 15) is 0 Å². The molecule has 0 spiro atoms. The van der Waals surface area contributed by atoms with Crippen molar-refractivity contribution >= 4 is 0 Å². The highest BCUT2D eigenvalue weighted by Gasteiger charge is 2.16. The summed E-state index contributed by atoms with van der Waals surface area (Å²) in [6.45, 7) is 4.71. The smallest absolute Gasteiger partial charge is 0.0240 e. The molecule has 0 saturated carbocycles. The Balaban J connectivity index is 1.67. The molecule has 1 aliphatic heterocycles. The monoisotopic (exact) mass is 218 g/mol. The van der Waals surface area contributed by atoms with Crippen LogP contribution in [-0.4, -0.2) is 25.0 Å². The second kappa shape index (κ2) is 6.02. The average molecular weight is 218 g/mol. The summed E-state index contributed by atoms with van der Waals surface area (Å²) in [6.07, 6.45) is 3.97. The quantitative estimate of drug-likeness (QED) is 0.738. The normalized spacial score (nSPS) is 15.3. The fourth-order valence-electron chi connectivity index (χ4n) is 2.38. The Bertz CT molecular complexity index is 297. The van der Waals surface area contributed by atoms with Gasteiger partial charge in [0, 0.05) is 13.1 Å². The lowest BCUT2D eigenvalue weighted by Gasteiger charge is -2.14. The lowest BCUT2D eigenvalue weighted by atomic mass is 10.1. The third-order valence-electron chi connectivity index (χ3n) is 3.31. The molecule has 2 nitrogen and oxygen atoms in total. The lowest BCUT2D eigenvalue weighted by Crippen LogP contribution is -2.18. The van der Waals surface area contributed by atoms with Crippen molar-refractivity contribution in [2.45, 2.75) is 32.4 Å². The minimum absolute atomic E-state index is 1.15. The largest absolute Gasteiger partial charge is 0.320 e. The molecule has 0 amide bonds. The zero-order valence-electron chi connectivity index (χ0n) is 10.2. The molecule has 1 N–H and O–H groups in total. The van der Waals surface area contributed by atoms with E-state index in [1.807, 2.05) is 7.05 Å². The Kier molecular flexibility index (Phi) is 4.37. The number of benzene rings is 1. The fourth-order valence-corrected chi connectivity index (χ4v) is 2.38. The summed E-state index contributed by atoms with van der Waals surface area (Å²) < 4.78 is 0. The molecule has 1 heterocycles. The molecule has 0 aliphatic carbocycles. The fraction of sp³-hybridized carbons (Fsp3) is 0.571. The van der Waals surface area contributed by atoms with Crippen LogP contribution in [-0.2, 0) is 13.1 Å². The number of fused-ring (bicyclic) bond motifs is 1. The molecular weight excluding hydrogens is 196 g/mol. The molecule has 0 radical (unpaired) electrons. The van der Waals surface area contributed by atoms with Gasteiger partial charge in [0.25, 0.3) is 0 Å². The highest BCUT2D eigenvalue weighted by Crippen LogP contribution is 2.22. The molecule has 0 atom stereocenters. The van der Waals surface area contributed by atoms with Crippen LogP contribution in [0.4, 0.5) is 0 Å². The summed E-state index contributed by atoms with van der Waals surface area (Å²) in [5.41, 5.74) is 3.05. The number of hydrogen-bond acceptors (Lipinski definition) is 2. The number of unbranched alkanes of at least 4 members (excludes halogenated alkanes) is 2. The molecule has 0 aromatic heterocycles. The molecule has 88 valence electrons. The van der Waals surface area contributed by atoms with Crippen molar-refractivity contribution < 1.29 is 0 Å². The van der Waals surface area contributed by atoms with Crippen LogP contribution in [0.1, 0.15) is 30.4 Å². The topological polar surface area (TPSA) is 15.3 Å². The Labute approximate surface area is 98.7 Å². The van der Waals surface area contributed by atoms with Gasteiger partial charge < -0.3 is 5.32 Å². The molecule has 0 unspecified atom stereocenters. The Morgan fingerprint density at radius 1 is 1.06 bits per heavy atom. The number of rotatable bonds is 6. The molecule has 0 fully saturated rings. The third-order valence-corrected chi connectivity index (χ3v) is 3.31. The van der Waals surface area contributed by atoms with E-state index in [1.54, 1.807) is 0 Å². The van der Waals surface area contributed by atoms with Gasteiger partial charge in [-0.3, -0.25) is 4.90 Å². The van der Waals surface area contributed by atoms with Gasteiger partial charge in [-0.2, -0.15) is 0 Å². The number of nitrogens with zero attached hydrogens (tertiary/aromatic N) is 1. The molecule has 1 aromatic rings. The van der Waals surface area contributed by atoms with Crippen molar-refractivity contribution in [3.05, 3.63) is 35.4 Å². The highest BCUT2D eigenvalue weighted by molar-refractivity contribution is 5.30. The van der Waals surface area contributed by atoms with Crippen molar-refractivity contribution in [3.8, 4) is 0 Å². The molecule has 0 saturated heterocycles. The molecular formula is C14H22N2. The Morgan fingerprint density at radius 2 is 1.75 bits per heavy atom. The van der Waals surface area contributed by atoms with E-state index in [0.29, 0.717) is 0 Å². The molecule has 0 bridgehead atoms. The minimum Gasteiger partial charge on any atom is -0.320 e. The SMILES string of the molecule is CNCCCCCN1Cc2ccccc2C1. The maximum atomic E-state index is 3.20. The van der Waals surface area contributed by atoms with Crippen molar-refractivity contribution in [1.82, 2.24) is 10.2 Å². The van der Waals surface area contributed by atoms with Gasteiger partial charge in [-0.1, -0.05) is 30.7 Å². The zero-order chi connectivity index (χ0) is 11.2. The van der Waals surface area contributed by atoms with E-state index in [4.69, 9.17) is 0 Å². The van der Waals surface area contributed by atoms with Crippen LogP contribution in [0.3, 0.4) is 0 Å². The van der Waals surface area contributed by atoms with E-state index < -0.39 is 0 Å². The van der Waals surface area contributed by atoms with E-state index >= 15 is 0 Å². The van der Waals surface area contributed by atoms with Gasteiger partial charge in [-0.05, 0) is 44.1 Å². The van der Waals surface area contributed by atoms with Crippen LogP contribution in [0.2, 0.25) is 0 Å². The van der Waals surface area contributed by atoms with E-state index in [1.165, 1.54) is 36.9 Å². The first-order valence-corrected chi connectivity index (χ1v) is 6.34. The van der Waals surface area contributed by atoms with Gasteiger partial charge >= 0.3 is 0 Å². The van der Waals surface area contributed by atoms with Gasteiger partial charge in [0.05, 0.1) is 0 Å². The lowest BCUT2D eigenvalue weighted by molar-refractivity contribution is 0.276. The Hall–Kier alpha value is -0.860. The molecule has 1 aromatic carbocycles. The second-order valence-corrected chi connectivity index (χ2v) is 4.64. The summed E-state index contributed by atoms with van der Waals surface area (Å²) in [5.74, 6) is 0. The second-order valence-electron chi connectivity index (χ2n) is 4.64. The Morgan fingerprint density at radius 3 is 2.38 bits per heavy atom. The average Bonchev–Trinajstić information content (AvgIpc) is 2.71. The molecule has 1 aliphatic rings. The number of nitrogens with one attached hydrogen (secondary N) is 1. The maximum Gasteiger partial charge on any atom is 0.0240 e. The standard InChI is InChI=1S/C14H22N2/c1-15-9-5-2-6-10-16-11-13-7-3-4-8-14(13)12-16/h3-4,7-8,15H,2,5-6,9-12H2,1H3. The third kappa shape index (κ3) is 3.06. The van der Waals surface area contributed by atoms with Gasteiger partial charge in [-0.25, -0.2) is 0 Å². The van der Waals surface area contributed by atoms with Crippen molar-refractivity contribution in [1.29, 1.82) is 0 Å². The van der Waals surface area contributed by atoms with E-state index in [0.717, 1.165) is 19.6 Å². The molecule has 2 heteroatoms. The van der Waals surface area contributed by atoms with Gasteiger partial charge in [0.2, 0.25) is 0 Å². The maximum absolute atomic E-state index is 3.20. The number of hydrogen-bond donors (Lipinski definition) is 1. The van der Waals surface area contributed by atoms with Crippen LogP contribution in [0.25, 0.3) is 0 Å². The zero-order valence-corrected chi connectivity index (χ0v) is 10.2. The van der Waals surface area contributed by atoms with Crippen molar-refractivity contribution in [3.63, 3.8) is 0 Å². The first kappa shape index (κ1) is 11.6. The van der Waals surface area contributed by atoms with Crippen LogP contribution >= 0.6 is 0 Å². The van der Waals surface area contributed by atoms with Gasteiger partial charge in [0.15, 0.2) is 0 Å². The van der Waals surface area contributed by atoms with Crippen molar-refractivity contribution in [2.75, 3.05) is 20.1 Å². The van der Waals surface area contributed by atoms with Crippen LogP contribution < -0.4 is 5.32 Å². The van der Waals surface area contributed by atoms with Gasteiger partial charge in [0.1, 0.15) is 0 Å². The van der Waals surface area contributed by atoms with E-state index in [-0.39, 0.29) is 0 Å². The minimum atomic E-state index is 1.15. The van der Waals surface area contributed by atoms with E-state index in [2.05, 4.69) is 34.5 Å².